The standard InChI is InChI=1S/C20H24ClN3O2/c1-3-24(4-2)18(19-6-5-9-26-19)13-23-20(25)10-14-12-22-17-11-15(21)7-8-16(14)17/h5-9,11-12,18,22H,3-4,10,13H2,1-2H3,(H,23,25). The number of hydrogen-bond acceptors (Lipinski definition) is 3. The Kier molecular flexibility index (Phi) is 6.01. The second kappa shape index (κ2) is 8.43. The average Bonchev–Trinajstić information content (AvgIpc) is 3.29. The summed E-state index contributed by atoms with van der Waals surface area (Å²) in [5, 5.41) is 4.75. The van der Waals surface area contributed by atoms with Crippen LogP contribution in [0.25, 0.3) is 10.9 Å². The number of amides is 1. The first-order valence-corrected chi connectivity index (χ1v) is 9.29. The Labute approximate surface area is 158 Å². The van der Waals surface area contributed by atoms with Gasteiger partial charge in [-0.3, -0.25) is 9.69 Å². The molecule has 138 valence electrons. The summed E-state index contributed by atoms with van der Waals surface area (Å²) < 4.78 is 5.58. The molecule has 2 aromatic heterocycles. The number of nitrogens with one attached hydrogen (secondary N) is 2. The van der Waals surface area contributed by atoms with E-state index in [2.05, 4.69) is 29.0 Å². The summed E-state index contributed by atoms with van der Waals surface area (Å²) in [6.45, 7) is 6.51. The maximum Gasteiger partial charge on any atom is 0.224 e. The zero-order valence-corrected chi connectivity index (χ0v) is 15.8. The molecule has 2 N–H and O–H groups in total. The molecule has 3 aromatic rings. The number of furan rings is 1. The monoisotopic (exact) mass is 373 g/mol. The van der Waals surface area contributed by atoms with Crippen molar-refractivity contribution >= 4 is 28.4 Å². The zero-order chi connectivity index (χ0) is 18.5. The van der Waals surface area contributed by atoms with Gasteiger partial charge in [-0.1, -0.05) is 31.5 Å². The number of rotatable bonds is 8. The van der Waals surface area contributed by atoms with Crippen molar-refractivity contribution < 1.29 is 9.21 Å². The molecule has 6 heteroatoms. The van der Waals surface area contributed by atoms with Gasteiger partial charge in [-0.25, -0.2) is 0 Å². The minimum Gasteiger partial charge on any atom is -0.468 e. The van der Waals surface area contributed by atoms with Crippen molar-refractivity contribution in [3.63, 3.8) is 0 Å². The number of hydrogen-bond donors (Lipinski definition) is 2. The van der Waals surface area contributed by atoms with E-state index < -0.39 is 0 Å². The number of aromatic nitrogens is 1. The third-order valence-electron chi connectivity index (χ3n) is 4.70. The van der Waals surface area contributed by atoms with E-state index in [1.54, 1.807) is 6.26 Å². The van der Waals surface area contributed by atoms with Crippen molar-refractivity contribution in [1.29, 1.82) is 0 Å². The van der Waals surface area contributed by atoms with Crippen LogP contribution in [0.5, 0.6) is 0 Å². The highest BCUT2D eigenvalue weighted by Crippen LogP contribution is 2.23. The van der Waals surface area contributed by atoms with Crippen LogP contribution in [0.2, 0.25) is 5.02 Å². The zero-order valence-electron chi connectivity index (χ0n) is 15.1. The highest BCUT2D eigenvalue weighted by atomic mass is 35.5. The van der Waals surface area contributed by atoms with Crippen LogP contribution in [-0.4, -0.2) is 35.4 Å². The van der Waals surface area contributed by atoms with E-state index in [4.69, 9.17) is 16.0 Å². The lowest BCUT2D eigenvalue weighted by Crippen LogP contribution is -2.38. The molecule has 0 aliphatic rings. The molecule has 0 spiro atoms. The average molecular weight is 374 g/mol. The van der Waals surface area contributed by atoms with Crippen molar-refractivity contribution in [2.45, 2.75) is 26.3 Å². The Morgan fingerprint density at radius 2 is 2.12 bits per heavy atom. The molecule has 0 saturated carbocycles. The maximum atomic E-state index is 12.5. The van der Waals surface area contributed by atoms with Crippen LogP contribution in [0.15, 0.2) is 47.2 Å². The van der Waals surface area contributed by atoms with Gasteiger partial charge in [0.05, 0.1) is 18.7 Å². The summed E-state index contributed by atoms with van der Waals surface area (Å²) in [5.74, 6) is 0.861. The van der Waals surface area contributed by atoms with Gasteiger partial charge in [-0.15, -0.1) is 0 Å². The van der Waals surface area contributed by atoms with Gasteiger partial charge >= 0.3 is 0 Å². The number of aromatic amines is 1. The lowest BCUT2D eigenvalue weighted by molar-refractivity contribution is -0.120. The van der Waals surface area contributed by atoms with E-state index in [0.717, 1.165) is 35.3 Å². The Morgan fingerprint density at radius 3 is 2.81 bits per heavy atom. The number of benzene rings is 1. The van der Waals surface area contributed by atoms with Gasteiger partial charge in [0.2, 0.25) is 5.91 Å². The molecule has 0 fully saturated rings. The summed E-state index contributed by atoms with van der Waals surface area (Å²) in [6, 6.07) is 9.52. The van der Waals surface area contributed by atoms with Gasteiger partial charge in [0, 0.05) is 28.7 Å². The molecule has 3 rings (SSSR count). The first-order valence-electron chi connectivity index (χ1n) is 8.92. The van der Waals surface area contributed by atoms with Gasteiger partial charge in [0.1, 0.15) is 5.76 Å². The first kappa shape index (κ1) is 18.5. The molecule has 1 atom stereocenters. The molecular formula is C20H24ClN3O2. The maximum absolute atomic E-state index is 12.5. The first-order chi connectivity index (χ1) is 12.6. The number of carbonyl (C=O) groups excluding carboxylic acids is 1. The van der Waals surface area contributed by atoms with Gasteiger partial charge in [-0.2, -0.15) is 0 Å². The fourth-order valence-electron chi connectivity index (χ4n) is 3.31. The summed E-state index contributed by atoms with van der Waals surface area (Å²) in [6.07, 6.45) is 3.87. The van der Waals surface area contributed by atoms with Crippen molar-refractivity contribution in [1.82, 2.24) is 15.2 Å². The van der Waals surface area contributed by atoms with Crippen molar-refractivity contribution in [3.8, 4) is 0 Å². The van der Waals surface area contributed by atoms with Crippen LogP contribution in [-0.2, 0) is 11.2 Å². The summed E-state index contributed by atoms with van der Waals surface area (Å²) >= 11 is 6.01. The number of carbonyl (C=O) groups is 1. The molecule has 0 saturated heterocycles. The highest BCUT2D eigenvalue weighted by molar-refractivity contribution is 6.31. The molecule has 0 aliphatic carbocycles. The van der Waals surface area contributed by atoms with Crippen molar-refractivity contribution in [3.05, 3.63) is 59.1 Å². The summed E-state index contributed by atoms with van der Waals surface area (Å²) in [7, 11) is 0. The van der Waals surface area contributed by atoms with Gasteiger partial charge < -0.3 is 14.7 Å². The molecule has 0 aliphatic heterocycles. The normalized spacial score (nSPS) is 12.6. The molecule has 0 radical (unpaired) electrons. The topological polar surface area (TPSA) is 61.3 Å². The number of fused-ring (bicyclic) bond motifs is 1. The second-order valence-corrected chi connectivity index (χ2v) is 6.67. The van der Waals surface area contributed by atoms with Crippen LogP contribution >= 0.6 is 11.6 Å². The molecule has 5 nitrogen and oxygen atoms in total. The summed E-state index contributed by atoms with van der Waals surface area (Å²) in [5.41, 5.74) is 1.91. The smallest absolute Gasteiger partial charge is 0.224 e. The Bertz CT molecular complexity index is 853. The summed E-state index contributed by atoms with van der Waals surface area (Å²) in [4.78, 5) is 17.9. The molecule has 1 unspecified atom stereocenters. The van der Waals surface area contributed by atoms with Crippen LogP contribution in [0, 0.1) is 0 Å². The molecule has 1 amide bonds. The lowest BCUT2D eigenvalue weighted by Gasteiger charge is -2.28. The second-order valence-electron chi connectivity index (χ2n) is 6.24. The number of nitrogens with zero attached hydrogens (tertiary/aromatic N) is 1. The third-order valence-corrected chi connectivity index (χ3v) is 4.93. The van der Waals surface area contributed by atoms with Gasteiger partial charge in [0.25, 0.3) is 0 Å². The quantitative estimate of drug-likeness (QED) is 0.623. The Morgan fingerprint density at radius 1 is 1.31 bits per heavy atom. The van der Waals surface area contributed by atoms with E-state index >= 15 is 0 Å². The predicted molar refractivity (Wildman–Crippen MR) is 104 cm³/mol. The molecule has 26 heavy (non-hydrogen) atoms. The SMILES string of the molecule is CCN(CC)C(CNC(=O)Cc1c[nH]c2cc(Cl)ccc12)c1ccco1. The number of H-pyrrole nitrogens is 1. The van der Waals surface area contributed by atoms with Crippen molar-refractivity contribution in [2.75, 3.05) is 19.6 Å². The van der Waals surface area contributed by atoms with Crippen LogP contribution < -0.4 is 5.32 Å². The fourth-order valence-corrected chi connectivity index (χ4v) is 3.48. The molecule has 2 heterocycles. The lowest BCUT2D eigenvalue weighted by atomic mass is 10.1. The minimum atomic E-state index is -0.00966. The van der Waals surface area contributed by atoms with E-state index in [9.17, 15) is 4.79 Å². The molecule has 1 aromatic carbocycles. The fraction of sp³-hybridized carbons (Fsp3) is 0.350. The molecular weight excluding hydrogens is 350 g/mol. The largest absolute Gasteiger partial charge is 0.468 e. The van der Waals surface area contributed by atoms with Gasteiger partial charge in [-0.05, 0) is 42.9 Å². The van der Waals surface area contributed by atoms with E-state index in [1.807, 2.05) is 36.5 Å². The predicted octanol–water partition coefficient (Wildman–Crippen LogP) is 4.16. The minimum absolute atomic E-state index is 0.00966. The van der Waals surface area contributed by atoms with Crippen LogP contribution in [0.1, 0.15) is 31.2 Å². The highest BCUT2D eigenvalue weighted by Gasteiger charge is 2.21. The van der Waals surface area contributed by atoms with Crippen molar-refractivity contribution in [2.24, 2.45) is 0 Å². The van der Waals surface area contributed by atoms with E-state index in [-0.39, 0.29) is 11.9 Å². The Hall–Kier alpha value is -2.24. The van der Waals surface area contributed by atoms with Crippen LogP contribution in [0.3, 0.4) is 0 Å². The van der Waals surface area contributed by atoms with E-state index in [1.165, 1.54) is 0 Å². The van der Waals surface area contributed by atoms with Gasteiger partial charge in [0.15, 0.2) is 0 Å². The Balaban J connectivity index is 1.66. The number of likely N-dealkylation sites (N-methyl/N-ethyl adjacent to an activating group) is 1. The molecule has 0 bridgehead atoms. The third kappa shape index (κ3) is 4.11. The number of halogens is 1. The van der Waals surface area contributed by atoms with E-state index in [0.29, 0.717) is 18.0 Å². The van der Waals surface area contributed by atoms with Crippen LogP contribution in [0.4, 0.5) is 0 Å².